The fourth-order valence-electron chi connectivity index (χ4n) is 7.08. The Kier molecular flexibility index (Phi) is 10.9. The van der Waals surface area contributed by atoms with Crippen molar-refractivity contribution in [3.8, 4) is 11.3 Å². The molecule has 0 spiro atoms. The average molecular weight is 703 g/mol. The summed E-state index contributed by atoms with van der Waals surface area (Å²) in [6, 6.07) is 28.7. The summed E-state index contributed by atoms with van der Waals surface area (Å²) in [5.74, 6) is 0. The molecule has 5 aromatic rings. The minimum atomic E-state index is -4.54. The highest BCUT2D eigenvalue weighted by Gasteiger charge is 2.51. The van der Waals surface area contributed by atoms with E-state index in [0.29, 0.717) is 46.4 Å². The zero-order valence-corrected chi connectivity index (χ0v) is 30.8. The molecular weight excluding hydrogens is 656 g/mol. The summed E-state index contributed by atoms with van der Waals surface area (Å²) in [6.45, 7) is 11.6. The molecule has 6 nitrogen and oxygen atoms in total. The van der Waals surface area contributed by atoms with Crippen molar-refractivity contribution in [2.45, 2.75) is 71.8 Å². The Bertz CT molecular complexity index is 1870. The van der Waals surface area contributed by atoms with Gasteiger partial charge in [-0.1, -0.05) is 107 Å². The van der Waals surface area contributed by atoms with Gasteiger partial charge in [0.15, 0.2) is 0 Å². The van der Waals surface area contributed by atoms with Gasteiger partial charge in [-0.15, -0.1) is 0 Å². The summed E-state index contributed by atoms with van der Waals surface area (Å²) in [4.78, 5) is 4.56. The van der Waals surface area contributed by atoms with Gasteiger partial charge in [-0.25, -0.2) is 0 Å². The third-order valence-corrected chi connectivity index (χ3v) is 14.4. The molecule has 0 bridgehead atoms. The zero-order valence-electron chi connectivity index (χ0n) is 29.8. The molecular formula is C39H46BF3N2O4Si. The second-order valence-electron chi connectivity index (χ2n) is 14.8. The van der Waals surface area contributed by atoms with E-state index < -0.39 is 39.7 Å². The van der Waals surface area contributed by atoms with Crippen molar-refractivity contribution in [3.05, 3.63) is 108 Å². The Hall–Kier alpha value is -3.74. The van der Waals surface area contributed by atoms with Crippen molar-refractivity contribution in [1.82, 2.24) is 9.55 Å². The molecule has 0 saturated heterocycles. The standard InChI is InChI=1S/C39H46BF3N2O4Si/c1-27(48-7)35-31(19-14-22-44-35)36-33(32-23-28(40(46)47)20-21-34(32)45(36)25-39(41,42)43)24-38(5,6)26-49-50(37(2,3)4,29-15-10-8-11-16-29)30-17-12-9-13-18-30/h8-23,27,46-47H,24-26H2,1-7H3. The van der Waals surface area contributed by atoms with Crippen molar-refractivity contribution in [2.24, 2.45) is 5.41 Å². The van der Waals surface area contributed by atoms with Crippen molar-refractivity contribution in [3.63, 3.8) is 0 Å². The van der Waals surface area contributed by atoms with Crippen LogP contribution in [0.3, 0.4) is 0 Å². The second-order valence-corrected chi connectivity index (χ2v) is 19.1. The number of aromatic nitrogens is 2. The largest absolute Gasteiger partial charge is 0.488 e. The van der Waals surface area contributed by atoms with E-state index in [1.165, 1.54) is 23.8 Å². The molecule has 0 fully saturated rings. The normalized spacial score (nSPS) is 13.5. The number of hydrogen-bond acceptors (Lipinski definition) is 5. The molecule has 0 aliphatic heterocycles. The monoisotopic (exact) mass is 702 g/mol. The van der Waals surface area contributed by atoms with Crippen molar-refractivity contribution >= 4 is 42.2 Å². The SMILES string of the molecule is COC(C)c1ncccc1-c1c(CC(C)(C)CO[Si](c2ccccc2)(c2ccccc2)C(C)(C)C)c2cc(B(O)O)ccc2n1CC(F)(F)F. The minimum Gasteiger partial charge on any atom is -0.423 e. The molecule has 1 atom stereocenters. The van der Waals surface area contributed by atoms with Gasteiger partial charge in [0.25, 0.3) is 8.32 Å². The summed E-state index contributed by atoms with van der Waals surface area (Å²) in [7, 11) is -3.19. The number of halogens is 3. The molecule has 1 unspecified atom stereocenters. The van der Waals surface area contributed by atoms with E-state index in [2.05, 4.69) is 63.9 Å². The first-order valence-corrected chi connectivity index (χ1v) is 18.7. The van der Waals surface area contributed by atoms with Gasteiger partial charge in [0.05, 0.1) is 17.5 Å². The Morgan fingerprint density at radius 2 is 1.46 bits per heavy atom. The summed E-state index contributed by atoms with van der Waals surface area (Å²) >= 11 is 0. The number of alkyl halides is 3. The fourth-order valence-corrected chi connectivity index (χ4v) is 11.8. The van der Waals surface area contributed by atoms with Crippen LogP contribution in [0.5, 0.6) is 0 Å². The van der Waals surface area contributed by atoms with Crippen LogP contribution in [0.4, 0.5) is 13.2 Å². The van der Waals surface area contributed by atoms with Crippen LogP contribution in [0.15, 0.2) is 97.2 Å². The first-order chi connectivity index (χ1) is 23.5. The van der Waals surface area contributed by atoms with Gasteiger partial charge in [-0.3, -0.25) is 4.98 Å². The smallest absolute Gasteiger partial charge is 0.423 e. The van der Waals surface area contributed by atoms with E-state index in [0.717, 1.165) is 10.4 Å². The van der Waals surface area contributed by atoms with Crippen LogP contribution < -0.4 is 15.8 Å². The van der Waals surface area contributed by atoms with E-state index >= 15 is 0 Å². The number of rotatable bonds is 12. The predicted molar refractivity (Wildman–Crippen MR) is 198 cm³/mol. The van der Waals surface area contributed by atoms with Crippen LogP contribution in [-0.2, 0) is 22.1 Å². The second kappa shape index (κ2) is 14.5. The lowest BCUT2D eigenvalue weighted by Gasteiger charge is -2.44. The van der Waals surface area contributed by atoms with Crippen LogP contribution in [0, 0.1) is 5.41 Å². The molecule has 50 heavy (non-hydrogen) atoms. The van der Waals surface area contributed by atoms with E-state index in [1.54, 1.807) is 24.4 Å². The lowest BCUT2D eigenvalue weighted by molar-refractivity contribution is -0.139. The first-order valence-electron chi connectivity index (χ1n) is 16.8. The highest BCUT2D eigenvalue weighted by atomic mass is 28.4. The van der Waals surface area contributed by atoms with Gasteiger partial charge in [-0.05, 0) is 63.4 Å². The molecule has 0 amide bonds. The molecule has 2 N–H and O–H groups in total. The highest BCUT2D eigenvalue weighted by Crippen LogP contribution is 2.43. The molecule has 0 radical (unpaired) electrons. The average Bonchev–Trinajstić information content (AvgIpc) is 3.34. The number of hydrogen-bond donors (Lipinski definition) is 2. The number of benzene rings is 3. The molecule has 0 aliphatic carbocycles. The van der Waals surface area contributed by atoms with Gasteiger partial charge in [0, 0.05) is 36.4 Å². The first kappa shape index (κ1) is 37.5. The van der Waals surface area contributed by atoms with Gasteiger partial charge >= 0.3 is 13.3 Å². The van der Waals surface area contributed by atoms with E-state index in [9.17, 15) is 23.2 Å². The molecule has 5 rings (SSSR count). The Balaban J connectivity index is 1.71. The number of methoxy groups -OCH3 is 1. The summed E-state index contributed by atoms with van der Waals surface area (Å²) in [5, 5.41) is 22.8. The third-order valence-electron chi connectivity index (χ3n) is 9.41. The summed E-state index contributed by atoms with van der Waals surface area (Å²) in [5.41, 5.74) is 1.96. The molecule has 0 aliphatic rings. The summed E-state index contributed by atoms with van der Waals surface area (Å²) < 4.78 is 57.4. The van der Waals surface area contributed by atoms with Crippen LogP contribution in [-0.4, -0.2) is 54.9 Å². The third kappa shape index (κ3) is 7.62. The number of nitrogens with zero attached hydrogens (tertiary/aromatic N) is 2. The number of pyridine rings is 1. The minimum absolute atomic E-state index is 0.187. The molecule has 11 heteroatoms. The van der Waals surface area contributed by atoms with Crippen LogP contribution in [0.25, 0.3) is 22.2 Å². The molecule has 0 saturated carbocycles. The van der Waals surface area contributed by atoms with Gasteiger partial charge in [0.2, 0.25) is 0 Å². The van der Waals surface area contributed by atoms with E-state index in [-0.39, 0.29) is 10.5 Å². The maximum atomic E-state index is 14.4. The quantitative estimate of drug-likeness (QED) is 0.140. The molecule has 2 aromatic heterocycles. The predicted octanol–water partition coefficient (Wildman–Crippen LogP) is 6.80. The van der Waals surface area contributed by atoms with Crippen LogP contribution >= 0.6 is 0 Å². The van der Waals surface area contributed by atoms with Crippen molar-refractivity contribution in [1.29, 1.82) is 0 Å². The zero-order chi connectivity index (χ0) is 36.5. The fraction of sp³-hybridized carbons (Fsp3) is 0.359. The van der Waals surface area contributed by atoms with Gasteiger partial charge < -0.3 is 23.8 Å². The van der Waals surface area contributed by atoms with E-state index in [1.807, 2.05) is 43.3 Å². The maximum Gasteiger partial charge on any atom is 0.488 e. The highest BCUT2D eigenvalue weighted by molar-refractivity contribution is 6.99. The number of ether oxygens (including phenoxy) is 1. The maximum absolute atomic E-state index is 14.4. The van der Waals surface area contributed by atoms with Crippen LogP contribution in [0.1, 0.15) is 58.9 Å². The van der Waals surface area contributed by atoms with Gasteiger partial charge in [0.1, 0.15) is 6.54 Å². The topological polar surface area (TPSA) is 76.7 Å². The van der Waals surface area contributed by atoms with Crippen molar-refractivity contribution in [2.75, 3.05) is 13.7 Å². The Morgan fingerprint density at radius 3 is 1.98 bits per heavy atom. The molecule has 2 heterocycles. The lowest BCUT2D eigenvalue weighted by Crippen LogP contribution is -2.67. The summed E-state index contributed by atoms with van der Waals surface area (Å²) in [6.07, 6.45) is -3.11. The van der Waals surface area contributed by atoms with Crippen molar-refractivity contribution < 1.29 is 32.4 Å². The number of fused-ring (bicyclic) bond motifs is 1. The Labute approximate surface area is 294 Å². The van der Waals surface area contributed by atoms with E-state index in [4.69, 9.17) is 9.16 Å². The lowest BCUT2D eigenvalue weighted by atomic mass is 9.78. The molecule has 264 valence electrons. The Morgan fingerprint density at radius 1 is 0.860 bits per heavy atom. The molecule has 3 aromatic carbocycles. The van der Waals surface area contributed by atoms with Crippen LogP contribution in [0.2, 0.25) is 5.04 Å². The van der Waals surface area contributed by atoms with Gasteiger partial charge in [-0.2, -0.15) is 13.2 Å².